The standard InChI is InChI=1S/C19H20N2O7/c1-12(19(23)20-14-5-7-15(8-6-14)21(24)25)28-18(22)11-13-4-9-16(26-2)17(10-13)27-3/h4-10,12H,11H2,1-3H3,(H,20,23). The predicted molar refractivity (Wildman–Crippen MR) is 101 cm³/mol. The van der Waals surface area contributed by atoms with E-state index < -0.39 is 22.9 Å². The smallest absolute Gasteiger partial charge is 0.311 e. The van der Waals surface area contributed by atoms with E-state index >= 15 is 0 Å². The van der Waals surface area contributed by atoms with Crippen molar-refractivity contribution in [2.24, 2.45) is 0 Å². The molecule has 148 valence electrons. The maximum absolute atomic E-state index is 12.1. The Balaban J connectivity index is 1.92. The van der Waals surface area contributed by atoms with Crippen LogP contribution in [0.25, 0.3) is 0 Å². The molecule has 0 aromatic heterocycles. The van der Waals surface area contributed by atoms with Crippen molar-refractivity contribution in [3.8, 4) is 11.5 Å². The highest BCUT2D eigenvalue weighted by molar-refractivity contribution is 5.95. The Kier molecular flexibility index (Phi) is 6.91. The molecule has 1 atom stereocenters. The highest BCUT2D eigenvalue weighted by Gasteiger charge is 2.19. The molecular formula is C19H20N2O7. The van der Waals surface area contributed by atoms with Crippen LogP contribution in [-0.2, 0) is 20.7 Å². The van der Waals surface area contributed by atoms with Gasteiger partial charge in [-0.15, -0.1) is 0 Å². The Morgan fingerprint density at radius 2 is 1.71 bits per heavy atom. The van der Waals surface area contributed by atoms with Gasteiger partial charge in [-0.05, 0) is 36.8 Å². The first-order chi connectivity index (χ1) is 13.3. The number of amides is 1. The fourth-order valence-electron chi connectivity index (χ4n) is 2.36. The van der Waals surface area contributed by atoms with E-state index in [1.54, 1.807) is 18.2 Å². The number of nitro benzene ring substituents is 1. The van der Waals surface area contributed by atoms with Crippen LogP contribution in [0.5, 0.6) is 11.5 Å². The Morgan fingerprint density at radius 3 is 2.29 bits per heavy atom. The number of carbonyl (C=O) groups is 2. The molecule has 0 radical (unpaired) electrons. The van der Waals surface area contributed by atoms with Crippen LogP contribution in [0.2, 0.25) is 0 Å². The molecule has 28 heavy (non-hydrogen) atoms. The Bertz CT molecular complexity index is 865. The molecule has 0 aliphatic rings. The summed E-state index contributed by atoms with van der Waals surface area (Å²) in [6.45, 7) is 1.44. The number of hydrogen-bond acceptors (Lipinski definition) is 7. The monoisotopic (exact) mass is 388 g/mol. The molecule has 1 unspecified atom stereocenters. The Labute approximate surface area is 161 Å². The molecule has 0 bridgehead atoms. The summed E-state index contributed by atoms with van der Waals surface area (Å²) in [4.78, 5) is 34.3. The van der Waals surface area contributed by atoms with Crippen LogP contribution in [0.4, 0.5) is 11.4 Å². The van der Waals surface area contributed by atoms with Crippen molar-refractivity contribution in [1.29, 1.82) is 0 Å². The maximum atomic E-state index is 12.1. The van der Waals surface area contributed by atoms with Gasteiger partial charge < -0.3 is 19.5 Å². The minimum absolute atomic E-state index is 0.0461. The number of nitrogens with zero attached hydrogens (tertiary/aromatic N) is 1. The van der Waals surface area contributed by atoms with E-state index in [-0.39, 0.29) is 12.1 Å². The molecule has 9 heteroatoms. The first kappa shape index (κ1) is 20.7. The lowest BCUT2D eigenvalue weighted by molar-refractivity contribution is -0.384. The van der Waals surface area contributed by atoms with Crippen molar-refractivity contribution in [3.05, 3.63) is 58.1 Å². The van der Waals surface area contributed by atoms with Gasteiger partial charge in [0.05, 0.1) is 25.6 Å². The molecule has 0 fully saturated rings. The van der Waals surface area contributed by atoms with E-state index in [0.717, 1.165) is 0 Å². The van der Waals surface area contributed by atoms with Gasteiger partial charge in [-0.25, -0.2) is 0 Å². The number of nitrogens with one attached hydrogen (secondary N) is 1. The van der Waals surface area contributed by atoms with Gasteiger partial charge in [0.2, 0.25) is 0 Å². The largest absolute Gasteiger partial charge is 0.493 e. The summed E-state index contributed by atoms with van der Waals surface area (Å²) < 4.78 is 15.5. The van der Waals surface area contributed by atoms with Crippen molar-refractivity contribution in [3.63, 3.8) is 0 Å². The molecule has 0 spiro atoms. The molecule has 9 nitrogen and oxygen atoms in total. The summed E-state index contributed by atoms with van der Waals surface area (Å²) in [7, 11) is 3.00. The molecule has 2 aromatic rings. The summed E-state index contributed by atoms with van der Waals surface area (Å²) in [6.07, 6.45) is -1.09. The number of non-ortho nitro benzene ring substituents is 1. The number of esters is 1. The van der Waals surface area contributed by atoms with Crippen LogP contribution in [0.15, 0.2) is 42.5 Å². The van der Waals surface area contributed by atoms with Gasteiger partial charge in [0.1, 0.15) is 0 Å². The molecule has 2 aromatic carbocycles. The lowest BCUT2D eigenvalue weighted by Gasteiger charge is -2.14. The first-order valence-corrected chi connectivity index (χ1v) is 8.29. The van der Waals surface area contributed by atoms with Crippen LogP contribution >= 0.6 is 0 Å². The number of hydrogen-bond donors (Lipinski definition) is 1. The van der Waals surface area contributed by atoms with Crippen molar-refractivity contribution in [1.82, 2.24) is 0 Å². The van der Waals surface area contributed by atoms with Crippen LogP contribution in [0.1, 0.15) is 12.5 Å². The molecule has 0 saturated carbocycles. The van der Waals surface area contributed by atoms with Gasteiger partial charge in [-0.3, -0.25) is 19.7 Å². The van der Waals surface area contributed by atoms with E-state index in [2.05, 4.69) is 5.32 Å². The van der Waals surface area contributed by atoms with Crippen molar-refractivity contribution >= 4 is 23.3 Å². The third-order valence-electron chi connectivity index (χ3n) is 3.82. The zero-order valence-corrected chi connectivity index (χ0v) is 15.6. The average molecular weight is 388 g/mol. The maximum Gasteiger partial charge on any atom is 0.311 e. The van der Waals surface area contributed by atoms with Crippen molar-refractivity contribution < 1.29 is 28.7 Å². The van der Waals surface area contributed by atoms with Crippen LogP contribution in [-0.4, -0.2) is 37.1 Å². The molecule has 0 aliphatic carbocycles. The molecule has 0 aliphatic heterocycles. The van der Waals surface area contributed by atoms with E-state index in [4.69, 9.17) is 14.2 Å². The van der Waals surface area contributed by atoms with E-state index in [1.165, 1.54) is 45.4 Å². The third kappa shape index (κ3) is 5.44. The zero-order chi connectivity index (χ0) is 20.7. The minimum atomic E-state index is -1.04. The minimum Gasteiger partial charge on any atom is -0.493 e. The molecule has 0 heterocycles. The van der Waals surface area contributed by atoms with Gasteiger partial charge in [-0.1, -0.05) is 6.07 Å². The van der Waals surface area contributed by atoms with Gasteiger partial charge in [-0.2, -0.15) is 0 Å². The van der Waals surface area contributed by atoms with E-state index in [1.807, 2.05) is 0 Å². The SMILES string of the molecule is COc1ccc(CC(=O)OC(C)C(=O)Nc2ccc([N+](=O)[O-])cc2)cc1OC. The number of benzene rings is 2. The molecule has 1 amide bonds. The summed E-state index contributed by atoms with van der Waals surface area (Å²) >= 11 is 0. The van der Waals surface area contributed by atoms with E-state index in [0.29, 0.717) is 22.7 Å². The zero-order valence-electron chi connectivity index (χ0n) is 15.6. The summed E-state index contributed by atoms with van der Waals surface area (Å²) in [5.41, 5.74) is 0.913. The van der Waals surface area contributed by atoms with Gasteiger partial charge in [0.15, 0.2) is 17.6 Å². The fraction of sp³-hybridized carbons (Fsp3) is 0.263. The van der Waals surface area contributed by atoms with E-state index in [9.17, 15) is 19.7 Å². The first-order valence-electron chi connectivity index (χ1n) is 8.29. The lowest BCUT2D eigenvalue weighted by Crippen LogP contribution is -2.30. The Hall–Kier alpha value is -3.62. The number of anilines is 1. The molecule has 2 rings (SSSR count). The number of nitro groups is 1. The summed E-state index contributed by atoms with van der Waals surface area (Å²) in [6, 6.07) is 10.4. The molecular weight excluding hydrogens is 368 g/mol. The fourth-order valence-corrected chi connectivity index (χ4v) is 2.36. The predicted octanol–water partition coefficient (Wildman–Crippen LogP) is 2.72. The van der Waals surface area contributed by atoms with Crippen molar-refractivity contribution in [2.45, 2.75) is 19.4 Å². The molecule has 0 saturated heterocycles. The second kappa shape index (κ2) is 9.36. The van der Waals surface area contributed by atoms with Gasteiger partial charge >= 0.3 is 5.97 Å². The number of rotatable bonds is 8. The second-order valence-electron chi connectivity index (χ2n) is 5.79. The van der Waals surface area contributed by atoms with Crippen LogP contribution in [0.3, 0.4) is 0 Å². The number of carbonyl (C=O) groups excluding carboxylic acids is 2. The van der Waals surface area contributed by atoms with Gasteiger partial charge in [0.25, 0.3) is 11.6 Å². The Morgan fingerprint density at radius 1 is 1.07 bits per heavy atom. The summed E-state index contributed by atoms with van der Waals surface area (Å²) in [5.74, 6) is -0.111. The number of methoxy groups -OCH3 is 2. The second-order valence-corrected chi connectivity index (χ2v) is 5.79. The highest BCUT2D eigenvalue weighted by Crippen LogP contribution is 2.27. The highest BCUT2D eigenvalue weighted by atomic mass is 16.6. The normalized spacial score (nSPS) is 11.2. The van der Waals surface area contributed by atoms with Crippen molar-refractivity contribution in [2.75, 3.05) is 19.5 Å². The van der Waals surface area contributed by atoms with Crippen LogP contribution < -0.4 is 14.8 Å². The van der Waals surface area contributed by atoms with Gasteiger partial charge in [0, 0.05) is 17.8 Å². The molecule has 1 N–H and O–H groups in total. The third-order valence-corrected chi connectivity index (χ3v) is 3.82. The summed E-state index contributed by atoms with van der Waals surface area (Å²) in [5, 5.41) is 13.2. The quantitative estimate of drug-likeness (QED) is 0.420. The lowest BCUT2D eigenvalue weighted by atomic mass is 10.1. The topological polar surface area (TPSA) is 117 Å². The van der Waals surface area contributed by atoms with Crippen LogP contribution in [0, 0.1) is 10.1 Å². The number of ether oxygens (including phenoxy) is 3. The average Bonchev–Trinajstić information content (AvgIpc) is 2.68.